The van der Waals surface area contributed by atoms with E-state index in [1.807, 2.05) is 55.5 Å². The summed E-state index contributed by atoms with van der Waals surface area (Å²) in [4.78, 5) is 12.3. The Kier molecular flexibility index (Phi) is 6.03. The molecule has 1 heterocycles. The van der Waals surface area contributed by atoms with Gasteiger partial charge in [0.25, 0.3) is 5.91 Å². The van der Waals surface area contributed by atoms with E-state index in [-0.39, 0.29) is 5.91 Å². The van der Waals surface area contributed by atoms with Crippen LogP contribution < -0.4 is 10.2 Å². The van der Waals surface area contributed by atoms with E-state index in [1.165, 1.54) is 0 Å². The zero-order valence-electron chi connectivity index (χ0n) is 15.0. The fourth-order valence-electron chi connectivity index (χ4n) is 2.48. The average Bonchev–Trinajstić information content (AvgIpc) is 3.14. The molecule has 27 heavy (non-hydrogen) atoms. The molecule has 2 aromatic carbocycles. The number of nitrogens with one attached hydrogen (secondary N) is 1. The van der Waals surface area contributed by atoms with Crippen molar-refractivity contribution in [2.75, 3.05) is 7.11 Å². The van der Waals surface area contributed by atoms with Gasteiger partial charge in [0.1, 0.15) is 5.75 Å². The fraction of sp³-hybridized carbons (Fsp3) is 0.150. The first-order valence-electron chi connectivity index (χ1n) is 8.32. The summed E-state index contributed by atoms with van der Waals surface area (Å²) in [7, 11) is 1.62. The smallest absolute Gasteiger partial charge is 0.291 e. The minimum Gasteiger partial charge on any atom is -0.497 e. The van der Waals surface area contributed by atoms with Gasteiger partial charge in [-0.1, -0.05) is 28.1 Å². The van der Waals surface area contributed by atoms with Gasteiger partial charge in [-0.25, -0.2) is 5.43 Å². The van der Waals surface area contributed by atoms with E-state index >= 15 is 0 Å². The van der Waals surface area contributed by atoms with Crippen molar-refractivity contribution in [2.24, 2.45) is 5.10 Å². The van der Waals surface area contributed by atoms with Crippen LogP contribution in [0, 0.1) is 0 Å². The number of carbonyl (C=O) groups is 1. The molecule has 3 aromatic rings. The number of benzene rings is 2. The molecular formula is C20H19BrN4O2. The van der Waals surface area contributed by atoms with Gasteiger partial charge in [-0.05, 0) is 60.5 Å². The van der Waals surface area contributed by atoms with Gasteiger partial charge in [0.15, 0.2) is 5.69 Å². The number of hydrazone groups is 1. The molecular weight excluding hydrogens is 408 g/mol. The quantitative estimate of drug-likeness (QED) is 0.480. The van der Waals surface area contributed by atoms with Crippen LogP contribution in [0.25, 0.3) is 0 Å². The van der Waals surface area contributed by atoms with E-state index in [0.29, 0.717) is 18.0 Å². The Balaban J connectivity index is 1.63. The lowest BCUT2D eigenvalue weighted by Gasteiger charge is -2.04. The van der Waals surface area contributed by atoms with Crippen LogP contribution in [0.5, 0.6) is 5.75 Å². The highest BCUT2D eigenvalue weighted by Gasteiger charge is 2.09. The highest BCUT2D eigenvalue weighted by molar-refractivity contribution is 9.10. The number of halogens is 1. The lowest BCUT2D eigenvalue weighted by Crippen LogP contribution is -2.20. The fourth-order valence-corrected chi connectivity index (χ4v) is 2.93. The molecule has 0 aliphatic carbocycles. The monoisotopic (exact) mass is 426 g/mol. The zero-order valence-corrected chi connectivity index (χ0v) is 16.6. The summed E-state index contributed by atoms with van der Waals surface area (Å²) in [5.41, 5.74) is 5.55. The Morgan fingerprint density at radius 2 is 2.00 bits per heavy atom. The molecule has 0 saturated heterocycles. The number of carbonyl (C=O) groups excluding carboxylic acids is 1. The van der Waals surface area contributed by atoms with Gasteiger partial charge in [0, 0.05) is 10.7 Å². The van der Waals surface area contributed by atoms with Crippen LogP contribution in [0.3, 0.4) is 0 Å². The predicted molar refractivity (Wildman–Crippen MR) is 108 cm³/mol. The standard InChI is InChI=1S/C20H19BrN4O2/c1-14(16-6-8-18(27-2)9-7-16)22-23-20(26)19-10-11-25(24-19)13-15-4-3-5-17(21)12-15/h3-12H,13H2,1-2H3,(H,23,26)/b22-14+. The first-order chi connectivity index (χ1) is 13.0. The second kappa shape index (κ2) is 8.64. The largest absolute Gasteiger partial charge is 0.497 e. The number of hydrogen-bond donors (Lipinski definition) is 1. The Morgan fingerprint density at radius 3 is 2.70 bits per heavy atom. The van der Waals surface area contributed by atoms with Crippen molar-refractivity contribution in [1.29, 1.82) is 0 Å². The maximum absolute atomic E-state index is 12.3. The molecule has 3 rings (SSSR count). The van der Waals surface area contributed by atoms with Crippen LogP contribution in [0.2, 0.25) is 0 Å². The van der Waals surface area contributed by atoms with Crippen LogP contribution in [0.15, 0.2) is 70.4 Å². The van der Waals surface area contributed by atoms with Crippen molar-refractivity contribution in [3.8, 4) is 5.75 Å². The molecule has 1 aromatic heterocycles. The second-order valence-corrected chi connectivity index (χ2v) is 6.81. The van der Waals surface area contributed by atoms with Gasteiger partial charge in [-0.15, -0.1) is 0 Å². The summed E-state index contributed by atoms with van der Waals surface area (Å²) in [6, 6.07) is 17.1. The van der Waals surface area contributed by atoms with E-state index in [9.17, 15) is 4.79 Å². The van der Waals surface area contributed by atoms with Crippen LogP contribution in [0.1, 0.15) is 28.5 Å². The van der Waals surface area contributed by atoms with Gasteiger partial charge in [0.2, 0.25) is 0 Å². The van der Waals surface area contributed by atoms with Crippen molar-refractivity contribution in [1.82, 2.24) is 15.2 Å². The lowest BCUT2D eigenvalue weighted by atomic mass is 10.1. The molecule has 0 radical (unpaired) electrons. The summed E-state index contributed by atoms with van der Waals surface area (Å²) in [6.07, 6.45) is 1.77. The average molecular weight is 427 g/mol. The molecule has 7 heteroatoms. The molecule has 1 N–H and O–H groups in total. The molecule has 0 saturated carbocycles. The Hall–Kier alpha value is -2.93. The number of aromatic nitrogens is 2. The van der Waals surface area contributed by atoms with Gasteiger partial charge >= 0.3 is 0 Å². The maximum atomic E-state index is 12.3. The Morgan fingerprint density at radius 1 is 1.22 bits per heavy atom. The maximum Gasteiger partial charge on any atom is 0.291 e. The number of amides is 1. The van der Waals surface area contributed by atoms with E-state index < -0.39 is 0 Å². The van der Waals surface area contributed by atoms with Crippen molar-refractivity contribution in [3.63, 3.8) is 0 Å². The highest BCUT2D eigenvalue weighted by Crippen LogP contribution is 2.13. The van der Waals surface area contributed by atoms with E-state index in [0.717, 1.165) is 21.3 Å². The molecule has 0 bridgehead atoms. The third-order valence-electron chi connectivity index (χ3n) is 3.94. The lowest BCUT2D eigenvalue weighted by molar-refractivity contribution is 0.0949. The van der Waals surface area contributed by atoms with Crippen molar-refractivity contribution < 1.29 is 9.53 Å². The zero-order chi connectivity index (χ0) is 19.2. The molecule has 0 aliphatic heterocycles. The minimum absolute atomic E-state index is 0.316. The number of nitrogens with zero attached hydrogens (tertiary/aromatic N) is 3. The highest BCUT2D eigenvalue weighted by atomic mass is 79.9. The third-order valence-corrected chi connectivity index (χ3v) is 4.43. The van der Waals surface area contributed by atoms with Gasteiger partial charge in [0.05, 0.1) is 19.4 Å². The molecule has 6 nitrogen and oxygen atoms in total. The van der Waals surface area contributed by atoms with Crippen LogP contribution in [-0.2, 0) is 6.54 Å². The minimum atomic E-state index is -0.351. The molecule has 0 spiro atoms. The summed E-state index contributed by atoms with van der Waals surface area (Å²) in [6.45, 7) is 2.41. The topological polar surface area (TPSA) is 68.5 Å². The summed E-state index contributed by atoms with van der Waals surface area (Å²) in [5.74, 6) is 0.419. The molecule has 0 unspecified atom stereocenters. The molecule has 0 aliphatic rings. The molecule has 138 valence electrons. The number of methoxy groups -OCH3 is 1. The van der Waals surface area contributed by atoms with E-state index in [1.54, 1.807) is 24.1 Å². The van der Waals surface area contributed by atoms with E-state index in [4.69, 9.17) is 4.74 Å². The molecule has 1 amide bonds. The Labute approximate surface area is 166 Å². The van der Waals surface area contributed by atoms with Crippen molar-refractivity contribution in [2.45, 2.75) is 13.5 Å². The second-order valence-electron chi connectivity index (χ2n) is 5.90. The molecule has 0 fully saturated rings. The predicted octanol–water partition coefficient (Wildman–Crippen LogP) is 3.86. The van der Waals surface area contributed by atoms with Gasteiger partial charge in [-0.3, -0.25) is 9.48 Å². The van der Waals surface area contributed by atoms with Crippen molar-refractivity contribution in [3.05, 3.63) is 82.1 Å². The summed E-state index contributed by atoms with van der Waals surface area (Å²) >= 11 is 3.45. The third kappa shape index (κ3) is 5.04. The SMILES string of the molecule is COc1ccc(/C(C)=N/NC(=O)c2ccn(Cc3cccc(Br)c3)n2)cc1. The van der Waals surface area contributed by atoms with E-state index in [2.05, 4.69) is 31.6 Å². The first-order valence-corrected chi connectivity index (χ1v) is 9.11. The van der Waals surface area contributed by atoms with Gasteiger partial charge in [-0.2, -0.15) is 10.2 Å². The summed E-state index contributed by atoms with van der Waals surface area (Å²) < 4.78 is 7.86. The first kappa shape index (κ1) is 18.8. The van der Waals surface area contributed by atoms with Gasteiger partial charge < -0.3 is 4.74 Å². The van der Waals surface area contributed by atoms with Crippen LogP contribution in [0.4, 0.5) is 0 Å². The normalized spacial score (nSPS) is 11.3. The Bertz CT molecular complexity index is 964. The van der Waals surface area contributed by atoms with Crippen LogP contribution >= 0.6 is 15.9 Å². The number of ether oxygens (including phenoxy) is 1. The number of rotatable bonds is 6. The van der Waals surface area contributed by atoms with Crippen LogP contribution in [-0.4, -0.2) is 28.5 Å². The summed E-state index contributed by atoms with van der Waals surface area (Å²) in [5, 5.41) is 8.46. The number of hydrogen-bond acceptors (Lipinski definition) is 4. The van der Waals surface area contributed by atoms with Crippen molar-refractivity contribution >= 4 is 27.5 Å². The molecule has 0 atom stereocenters.